The molecular formula is C10H8O. The topological polar surface area (TPSA) is 20.2 Å². The van der Waals surface area contributed by atoms with E-state index in [1.165, 1.54) is 0 Å². The molecule has 0 atom stereocenters. The van der Waals surface area contributed by atoms with Gasteiger partial charge in [-0.25, -0.2) is 0 Å². The molecule has 0 aliphatic carbocycles. The van der Waals surface area contributed by atoms with Crippen molar-refractivity contribution in [1.82, 2.24) is 0 Å². The summed E-state index contributed by atoms with van der Waals surface area (Å²) in [6.45, 7) is 0. The van der Waals surface area contributed by atoms with Crippen molar-refractivity contribution >= 4 is 10.8 Å². The van der Waals surface area contributed by atoms with Crippen LogP contribution in [0.2, 0.25) is 0 Å². The summed E-state index contributed by atoms with van der Waals surface area (Å²) in [6.07, 6.45) is 0. The minimum Gasteiger partial charge on any atom is -0.507 e. The van der Waals surface area contributed by atoms with E-state index in [9.17, 15) is 5.11 Å². The summed E-state index contributed by atoms with van der Waals surface area (Å²) in [5.74, 6) is 0.0631. The predicted octanol–water partition coefficient (Wildman–Crippen LogP) is 2.55. The molecule has 0 aliphatic rings. The average Bonchev–Trinajstić information content (AvgIpc) is 2.12. The lowest BCUT2D eigenvalue weighted by Gasteiger charge is -1.97. The van der Waals surface area contributed by atoms with E-state index in [4.69, 9.17) is 1.37 Å². The number of aromatic hydroxyl groups is 1. The molecule has 54 valence electrons. The number of rotatable bonds is 0. The first-order chi connectivity index (χ1) is 5.79. The van der Waals surface area contributed by atoms with Gasteiger partial charge >= 0.3 is 0 Å². The van der Waals surface area contributed by atoms with Crippen molar-refractivity contribution in [1.29, 1.82) is 0 Å². The lowest BCUT2D eigenvalue weighted by Crippen LogP contribution is -1.70. The molecule has 2 aromatic rings. The maximum absolute atomic E-state index is 9.47. The normalized spacial score (nSPS) is 11.5. The highest BCUT2D eigenvalue weighted by atomic mass is 16.3. The molecule has 0 saturated heterocycles. The molecule has 0 radical (unpaired) electrons. The third-order valence-corrected chi connectivity index (χ3v) is 1.70. The molecule has 0 fully saturated rings. The maximum atomic E-state index is 9.47. The van der Waals surface area contributed by atoms with Gasteiger partial charge in [0.2, 0.25) is 0 Å². The highest BCUT2D eigenvalue weighted by Gasteiger charge is 1.94. The van der Waals surface area contributed by atoms with Crippen LogP contribution in [0.3, 0.4) is 0 Å². The highest BCUT2D eigenvalue weighted by Crippen LogP contribution is 2.22. The summed E-state index contributed by atoms with van der Waals surface area (Å²) >= 11 is 0. The molecule has 0 bridgehead atoms. The van der Waals surface area contributed by atoms with Crippen molar-refractivity contribution in [2.24, 2.45) is 0 Å². The van der Waals surface area contributed by atoms with E-state index in [-0.39, 0.29) is 11.8 Å². The lowest BCUT2D eigenvalue weighted by atomic mass is 10.1. The van der Waals surface area contributed by atoms with Gasteiger partial charge in [-0.1, -0.05) is 36.4 Å². The fourth-order valence-corrected chi connectivity index (χ4v) is 1.15. The number of hydrogen-bond donors (Lipinski definition) is 1. The zero-order valence-corrected chi connectivity index (χ0v) is 5.91. The van der Waals surface area contributed by atoms with Gasteiger partial charge in [0.15, 0.2) is 0 Å². The summed E-state index contributed by atoms with van der Waals surface area (Å²) in [5.41, 5.74) is 0. The first kappa shape index (κ1) is 5.19. The molecule has 2 aromatic carbocycles. The smallest absolute Gasteiger partial charge is 0.123 e. The Morgan fingerprint density at radius 1 is 1.09 bits per heavy atom. The van der Waals surface area contributed by atoms with Gasteiger partial charge in [-0.15, -0.1) is 0 Å². The summed E-state index contributed by atoms with van der Waals surface area (Å²) in [7, 11) is 0. The first-order valence-electron chi connectivity index (χ1n) is 3.96. The molecule has 2 rings (SSSR count). The van der Waals surface area contributed by atoms with Gasteiger partial charge < -0.3 is 5.11 Å². The van der Waals surface area contributed by atoms with Crippen LogP contribution in [-0.4, -0.2) is 5.11 Å². The molecule has 0 aliphatic heterocycles. The number of phenols is 1. The van der Waals surface area contributed by atoms with Crippen LogP contribution in [0, 0.1) is 0 Å². The van der Waals surface area contributed by atoms with Gasteiger partial charge in [0.25, 0.3) is 0 Å². The highest BCUT2D eigenvalue weighted by molar-refractivity contribution is 5.87. The van der Waals surface area contributed by atoms with Crippen molar-refractivity contribution < 1.29 is 6.48 Å². The zero-order valence-electron chi connectivity index (χ0n) is 6.91. The fraction of sp³-hybridized carbons (Fsp3) is 0. The molecule has 1 nitrogen and oxygen atoms in total. The van der Waals surface area contributed by atoms with Crippen LogP contribution >= 0.6 is 0 Å². The van der Waals surface area contributed by atoms with E-state index in [0.29, 0.717) is 0 Å². The number of benzene rings is 2. The Hall–Kier alpha value is -1.50. The summed E-state index contributed by atoms with van der Waals surface area (Å²) < 4.78 is 7.35. The van der Waals surface area contributed by atoms with E-state index in [0.717, 1.165) is 10.8 Å². The second-order valence-corrected chi connectivity index (χ2v) is 2.41. The van der Waals surface area contributed by atoms with Crippen LogP contribution in [0.1, 0.15) is 1.37 Å². The molecule has 1 heteroatoms. The van der Waals surface area contributed by atoms with Crippen LogP contribution in [-0.2, 0) is 0 Å². The number of phenolic OH excluding ortho intramolecular Hbond substituents is 1. The van der Waals surface area contributed by atoms with Gasteiger partial charge in [0.05, 0.1) is 1.37 Å². The monoisotopic (exact) mass is 145 g/mol. The molecule has 0 spiro atoms. The van der Waals surface area contributed by atoms with Gasteiger partial charge in [-0.05, 0) is 11.4 Å². The molecule has 0 aromatic heterocycles. The van der Waals surface area contributed by atoms with E-state index < -0.39 is 0 Å². The molecule has 0 amide bonds. The van der Waals surface area contributed by atoms with Gasteiger partial charge in [0.1, 0.15) is 5.75 Å². The zero-order chi connectivity index (χ0) is 8.55. The standard InChI is InChI=1S/C10H8O/c11-10-7-3-5-8-4-1-2-6-9(8)10/h1-7,11H/i7D. The first-order valence-corrected chi connectivity index (χ1v) is 3.46. The average molecular weight is 145 g/mol. The number of fused-ring (bicyclic) bond motifs is 1. The van der Waals surface area contributed by atoms with Crippen molar-refractivity contribution in [3.05, 3.63) is 42.4 Å². The molecule has 11 heavy (non-hydrogen) atoms. The van der Waals surface area contributed by atoms with E-state index in [1.807, 2.05) is 30.3 Å². The lowest BCUT2D eigenvalue weighted by molar-refractivity contribution is 0.481. The van der Waals surface area contributed by atoms with Crippen molar-refractivity contribution in [3.8, 4) is 5.75 Å². The maximum Gasteiger partial charge on any atom is 0.123 e. The molecular weight excluding hydrogens is 136 g/mol. The van der Waals surface area contributed by atoms with Gasteiger partial charge in [0, 0.05) is 5.39 Å². The van der Waals surface area contributed by atoms with Crippen molar-refractivity contribution in [2.45, 2.75) is 0 Å². The minimum absolute atomic E-state index is 0.0631. The molecule has 0 saturated carbocycles. The predicted molar refractivity (Wildman–Crippen MR) is 45.6 cm³/mol. The number of hydrogen-bond acceptors (Lipinski definition) is 1. The summed E-state index contributed by atoms with van der Waals surface area (Å²) in [4.78, 5) is 0. The quantitative estimate of drug-likeness (QED) is 0.604. The SMILES string of the molecule is [2H]c1ccc2ccccc2c1O. The van der Waals surface area contributed by atoms with Gasteiger partial charge in [-0.2, -0.15) is 0 Å². The van der Waals surface area contributed by atoms with E-state index >= 15 is 0 Å². The third-order valence-electron chi connectivity index (χ3n) is 1.70. The van der Waals surface area contributed by atoms with Crippen LogP contribution in [0.4, 0.5) is 0 Å². The third kappa shape index (κ3) is 0.944. The Labute approximate surface area is 66.3 Å². The molecule has 0 unspecified atom stereocenters. The van der Waals surface area contributed by atoms with Crippen LogP contribution in [0.5, 0.6) is 5.75 Å². The van der Waals surface area contributed by atoms with E-state index in [2.05, 4.69) is 0 Å². The van der Waals surface area contributed by atoms with Crippen LogP contribution in [0.25, 0.3) is 10.8 Å². The van der Waals surface area contributed by atoms with Crippen LogP contribution in [0.15, 0.2) is 42.4 Å². The largest absolute Gasteiger partial charge is 0.507 e. The Morgan fingerprint density at radius 2 is 1.82 bits per heavy atom. The fourth-order valence-electron chi connectivity index (χ4n) is 1.15. The Kier molecular flexibility index (Phi) is 1.07. The van der Waals surface area contributed by atoms with Crippen molar-refractivity contribution in [3.63, 3.8) is 0 Å². The van der Waals surface area contributed by atoms with Gasteiger partial charge in [-0.3, -0.25) is 0 Å². The van der Waals surface area contributed by atoms with E-state index in [1.54, 1.807) is 6.07 Å². The second-order valence-electron chi connectivity index (χ2n) is 2.41. The minimum atomic E-state index is 0.0631. The van der Waals surface area contributed by atoms with Crippen LogP contribution < -0.4 is 0 Å². The second kappa shape index (κ2) is 2.27. The Bertz CT molecular complexity index is 423. The molecule has 0 heterocycles. The molecule has 1 N–H and O–H groups in total. The summed E-state index contributed by atoms with van der Waals surface area (Å²) in [6, 6.07) is 11.1. The van der Waals surface area contributed by atoms with Crippen molar-refractivity contribution in [2.75, 3.05) is 0 Å². The Balaban J connectivity index is 2.91. The Morgan fingerprint density at radius 3 is 2.73 bits per heavy atom. The summed E-state index contributed by atoms with van der Waals surface area (Å²) in [5, 5.41) is 11.2.